The van der Waals surface area contributed by atoms with E-state index in [0.717, 1.165) is 22.3 Å². The monoisotopic (exact) mass is 274 g/mol. The van der Waals surface area contributed by atoms with Crippen LogP contribution in [0.25, 0.3) is 0 Å². The highest BCUT2D eigenvalue weighted by Gasteiger charge is 2.11. The van der Waals surface area contributed by atoms with Gasteiger partial charge in [-0.2, -0.15) is 24.4 Å². The Hall–Kier alpha value is 0.210. The third-order valence-electron chi connectivity index (χ3n) is 2.72. The van der Waals surface area contributed by atoms with Gasteiger partial charge in [-0.25, -0.2) is 0 Å². The van der Waals surface area contributed by atoms with Gasteiger partial charge < -0.3 is 0 Å². The van der Waals surface area contributed by atoms with E-state index in [0.29, 0.717) is 11.8 Å². The van der Waals surface area contributed by atoms with Crippen LogP contribution in [0.4, 0.5) is 0 Å². The molecule has 1 aromatic carbocycles. The van der Waals surface area contributed by atoms with Crippen LogP contribution in [0.1, 0.15) is 19.4 Å². The molecule has 0 spiro atoms. The molecule has 0 aliphatic heterocycles. The predicted molar refractivity (Wildman–Crippen MR) is 79.8 cm³/mol. The van der Waals surface area contributed by atoms with Gasteiger partial charge >= 0.3 is 0 Å². The number of rotatable bonds is 6. The Morgan fingerprint density at radius 2 is 2.00 bits per heavy atom. The molecule has 0 radical (unpaired) electrons. The SMILES string of the molecule is CC(C)C(CS)CSCc1ccccc1Cl. The van der Waals surface area contributed by atoms with Crippen LogP contribution < -0.4 is 0 Å². The van der Waals surface area contributed by atoms with Crippen molar-refractivity contribution in [3.8, 4) is 0 Å². The summed E-state index contributed by atoms with van der Waals surface area (Å²) < 4.78 is 0. The van der Waals surface area contributed by atoms with Gasteiger partial charge in [0.1, 0.15) is 0 Å². The molecule has 1 unspecified atom stereocenters. The highest BCUT2D eigenvalue weighted by molar-refractivity contribution is 7.98. The molecule has 1 aromatic rings. The first-order valence-electron chi connectivity index (χ1n) is 5.57. The molecule has 0 N–H and O–H groups in total. The predicted octanol–water partition coefficient (Wildman–Crippen LogP) is 4.78. The minimum Gasteiger partial charge on any atom is -0.179 e. The van der Waals surface area contributed by atoms with Gasteiger partial charge in [0.25, 0.3) is 0 Å². The molecular formula is C13H19ClS2. The highest BCUT2D eigenvalue weighted by atomic mass is 35.5. The van der Waals surface area contributed by atoms with Crippen molar-refractivity contribution in [2.45, 2.75) is 19.6 Å². The Kier molecular flexibility index (Phi) is 6.71. The molecule has 0 aromatic heterocycles. The Morgan fingerprint density at radius 1 is 1.31 bits per heavy atom. The molecule has 0 heterocycles. The lowest BCUT2D eigenvalue weighted by Gasteiger charge is -2.17. The Labute approximate surface area is 114 Å². The van der Waals surface area contributed by atoms with Gasteiger partial charge in [0.05, 0.1) is 0 Å². The van der Waals surface area contributed by atoms with Crippen LogP contribution in [0.3, 0.4) is 0 Å². The number of hydrogen-bond acceptors (Lipinski definition) is 2. The number of halogens is 1. The van der Waals surface area contributed by atoms with Crippen LogP contribution in [0.15, 0.2) is 24.3 Å². The fourth-order valence-electron chi connectivity index (χ4n) is 1.39. The molecule has 3 heteroatoms. The van der Waals surface area contributed by atoms with Crippen molar-refractivity contribution in [2.24, 2.45) is 11.8 Å². The number of hydrogen-bond donors (Lipinski definition) is 1. The summed E-state index contributed by atoms with van der Waals surface area (Å²) in [4.78, 5) is 0. The van der Waals surface area contributed by atoms with E-state index in [1.54, 1.807) is 0 Å². The summed E-state index contributed by atoms with van der Waals surface area (Å²) in [5.74, 6) is 4.52. The van der Waals surface area contributed by atoms with E-state index in [4.69, 9.17) is 11.6 Å². The molecule has 0 saturated heterocycles. The van der Waals surface area contributed by atoms with Crippen LogP contribution in [-0.2, 0) is 5.75 Å². The van der Waals surface area contributed by atoms with Crippen molar-refractivity contribution in [3.63, 3.8) is 0 Å². The van der Waals surface area contributed by atoms with E-state index in [1.807, 2.05) is 30.0 Å². The zero-order chi connectivity index (χ0) is 12.0. The maximum atomic E-state index is 6.11. The molecule has 0 fully saturated rings. The number of benzene rings is 1. The van der Waals surface area contributed by atoms with Crippen molar-refractivity contribution < 1.29 is 0 Å². The second-order valence-electron chi connectivity index (χ2n) is 4.29. The maximum absolute atomic E-state index is 6.11. The van der Waals surface area contributed by atoms with Crippen molar-refractivity contribution in [2.75, 3.05) is 11.5 Å². The van der Waals surface area contributed by atoms with Crippen LogP contribution >= 0.6 is 36.0 Å². The topological polar surface area (TPSA) is 0 Å². The van der Waals surface area contributed by atoms with Gasteiger partial charge in [-0.05, 0) is 35.0 Å². The lowest BCUT2D eigenvalue weighted by Crippen LogP contribution is -2.13. The Morgan fingerprint density at radius 3 is 2.56 bits per heavy atom. The second-order valence-corrected chi connectivity index (χ2v) is 6.10. The fraction of sp³-hybridized carbons (Fsp3) is 0.538. The summed E-state index contributed by atoms with van der Waals surface area (Å²) in [6.45, 7) is 4.52. The largest absolute Gasteiger partial charge is 0.179 e. The zero-order valence-corrected chi connectivity index (χ0v) is 12.3. The van der Waals surface area contributed by atoms with Gasteiger partial charge in [-0.1, -0.05) is 43.6 Å². The van der Waals surface area contributed by atoms with E-state index >= 15 is 0 Å². The van der Waals surface area contributed by atoms with Gasteiger partial charge in [0.2, 0.25) is 0 Å². The van der Waals surface area contributed by atoms with Crippen LogP contribution in [-0.4, -0.2) is 11.5 Å². The van der Waals surface area contributed by atoms with E-state index < -0.39 is 0 Å². The lowest BCUT2D eigenvalue weighted by atomic mass is 10.0. The first-order chi connectivity index (χ1) is 7.65. The normalized spacial score (nSPS) is 13.1. The zero-order valence-electron chi connectivity index (χ0n) is 9.82. The molecule has 0 saturated carbocycles. The molecule has 16 heavy (non-hydrogen) atoms. The average Bonchev–Trinajstić information content (AvgIpc) is 2.26. The minimum absolute atomic E-state index is 0.691. The molecule has 1 rings (SSSR count). The Bertz CT molecular complexity index is 313. The lowest BCUT2D eigenvalue weighted by molar-refractivity contribution is 0.473. The Balaban J connectivity index is 2.38. The maximum Gasteiger partial charge on any atom is 0.0446 e. The summed E-state index contributed by atoms with van der Waals surface area (Å²) >= 11 is 12.5. The molecule has 0 amide bonds. The van der Waals surface area contributed by atoms with E-state index in [2.05, 4.69) is 32.5 Å². The fourth-order valence-corrected chi connectivity index (χ4v) is 3.79. The highest BCUT2D eigenvalue weighted by Crippen LogP contribution is 2.24. The van der Waals surface area contributed by atoms with E-state index in [9.17, 15) is 0 Å². The molecule has 0 nitrogen and oxygen atoms in total. The molecule has 0 aliphatic rings. The van der Waals surface area contributed by atoms with Gasteiger partial charge in [-0.15, -0.1) is 0 Å². The molecule has 0 bridgehead atoms. The van der Waals surface area contributed by atoms with Crippen molar-refractivity contribution in [1.82, 2.24) is 0 Å². The van der Waals surface area contributed by atoms with Crippen molar-refractivity contribution in [3.05, 3.63) is 34.9 Å². The quantitative estimate of drug-likeness (QED) is 0.729. The van der Waals surface area contributed by atoms with Gasteiger partial charge in [-0.3, -0.25) is 0 Å². The molecular weight excluding hydrogens is 256 g/mol. The number of thiol groups is 1. The van der Waals surface area contributed by atoms with Crippen molar-refractivity contribution >= 4 is 36.0 Å². The summed E-state index contributed by atoms with van der Waals surface area (Å²) in [6.07, 6.45) is 0. The molecule has 1 atom stereocenters. The summed E-state index contributed by atoms with van der Waals surface area (Å²) in [5.41, 5.74) is 1.23. The molecule has 0 aliphatic carbocycles. The third-order valence-corrected chi connectivity index (χ3v) is 4.74. The van der Waals surface area contributed by atoms with Gasteiger partial charge in [0.15, 0.2) is 0 Å². The minimum atomic E-state index is 0.691. The van der Waals surface area contributed by atoms with E-state index in [-0.39, 0.29) is 0 Å². The number of thioether (sulfide) groups is 1. The first kappa shape index (κ1) is 14.3. The van der Waals surface area contributed by atoms with Crippen LogP contribution in [0, 0.1) is 11.8 Å². The smallest absolute Gasteiger partial charge is 0.0446 e. The third kappa shape index (κ3) is 4.60. The molecule has 90 valence electrons. The van der Waals surface area contributed by atoms with E-state index in [1.165, 1.54) is 5.56 Å². The summed E-state index contributed by atoms with van der Waals surface area (Å²) in [7, 11) is 0. The van der Waals surface area contributed by atoms with Crippen LogP contribution in [0.5, 0.6) is 0 Å². The first-order valence-corrected chi connectivity index (χ1v) is 7.73. The van der Waals surface area contributed by atoms with Crippen molar-refractivity contribution in [1.29, 1.82) is 0 Å². The standard InChI is InChI=1S/C13H19ClS2/c1-10(2)12(7-15)9-16-8-11-5-3-4-6-13(11)14/h3-6,10,12,15H,7-9H2,1-2H3. The summed E-state index contributed by atoms with van der Waals surface area (Å²) in [6, 6.07) is 8.07. The van der Waals surface area contributed by atoms with Crippen LogP contribution in [0.2, 0.25) is 5.02 Å². The average molecular weight is 275 g/mol. The summed E-state index contributed by atoms with van der Waals surface area (Å²) in [5, 5.41) is 0.877. The van der Waals surface area contributed by atoms with Gasteiger partial charge in [0, 0.05) is 10.8 Å². The second kappa shape index (κ2) is 7.52.